The van der Waals surface area contributed by atoms with Gasteiger partial charge in [-0.1, -0.05) is 0 Å². The molecule has 16 heavy (non-hydrogen) atoms. The summed E-state index contributed by atoms with van der Waals surface area (Å²) in [7, 11) is 0. The molecule has 1 saturated carbocycles. The fourth-order valence-electron chi connectivity index (χ4n) is 2.49. The van der Waals surface area contributed by atoms with E-state index in [2.05, 4.69) is 0 Å². The SMILES string of the molecule is CC(=O)C1C2CC2CN1C(=O)OC(C)(C)C. The van der Waals surface area contributed by atoms with Crippen LogP contribution in [0.5, 0.6) is 0 Å². The van der Waals surface area contributed by atoms with E-state index < -0.39 is 5.60 Å². The maximum atomic E-state index is 11.9. The van der Waals surface area contributed by atoms with Crippen molar-refractivity contribution in [2.24, 2.45) is 11.8 Å². The number of hydrogen-bond acceptors (Lipinski definition) is 3. The summed E-state index contributed by atoms with van der Waals surface area (Å²) in [5.41, 5.74) is -0.495. The second kappa shape index (κ2) is 3.47. The first kappa shape index (κ1) is 11.4. The van der Waals surface area contributed by atoms with Gasteiger partial charge in [0.25, 0.3) is 0 Å². The van der Waals surface area contributed by atoms with Crippen LogP contribution in [0, 0.1) is 11.8 Å². The quantitative estimate of drug-likeness (QED) is 0.684. The summed E-state index contributed by atoms with van der Waals surface area (Å²) in [6, 6.07) is -0.236. The number of amides is 1. The number of carbonyl (C=O) groups is 2. The molecule has 3 atom stereocenters. The van der Waals surface area contributed by atoms with E-state index in [1.54, 1.807) is 11.8 Å². The van der Waals surface area contributed by atoms with Gasteiger partial charge < -0.3 is 4.74 Å². The van der Waals surface area contributed by atoms with Crippen LogP contribution in [0.25, 0.3) is 0 Å². The molecule has 1 saturated heterocycles. The molecule has 2 fully saturated rings. The lowest BCUT2D eigenvalue weighted by Crippen LogP contribution is -2.45. The molecule has 3 unspecified atom stereocenters. The van der Waals surface area contributed by atoms with Gasteiger partial charge in [-0.2, -0.15) is 0 Å². The number of nitrogens with zero attached hydrogens (tertiary/aromatic N) is 1. The molecular formula is C12H19NO3. The van der Waals surface area contributed by atoms with Gasteiger partial charge in [0, 0.05) is 6.54 Å². The number of piperidine rings is 1. The van der Waals surface area contributed by atoms with E-state index in [9.17, 15) is 9.59 Å². The van der Waals surface area contributed by atoms with E-state index in [-0.39, 0.29) is 17.9 Å². The Labute approximate surface area is 95.9 Å². The molecule has 0 aromatic heterocycles. The zero-order valence-corrected chi connectivity index (χ0v) is 10.3. The van der Waals surface area contributed by atoms with Gasteiger partial charge in [0.1, 0.15) is 5.60 Å². The van der Waals surface area contributed by atoms with Crippen molar-refractivity contribution < 1.29 is 14.3 Å². The Morgan fingerprint density at radius 2 is 1.94 bits per heavy atom. The predicted molar refractivity (Wildman–Crippen MR) is 59.0 cm³/mol. The summed E-state index contributed by atoms with van der Waals surface area (Å²) in [4.78, 5) is 25.0. The first-order valence-electron chi connectivity index (χ1n) is 5.79. The Morgan fingerprint density at radius 3 is 2.44 bits per heavy atom. The van der Waals surface area contributed by atoms with Crippen LogP contribution < -0.4 is 0 Å². The zero-order valence-electron chi connectivity index (χ0n) is 10.3. The van der Waals surface area contributed by atoms with Crippen molar-refractivity contribution in [1.82, 2.24) is 4.90 Å². The molecule has 2 rings (SSSR count). The van der Waals surface area contributed by atoms with E-state index >= 15 is 0 Å². The van der Waals surface area contributed by atoms with Crippen LogP contribution in [0.2, 0.25) is 0 Å². The summed E-state index contributed by atoms with van der Waals surface area (Å²) in [5.74, 6) is 1.00. The summed E-state index contributed by atoms with van der Waals surface area (Å²) < 4.78 is 5.31. The summed E-state index contributed by atoms with van der Waals surface area (Å²) in [5, 5.41) is 0. The fourth-order valence-corrected chi connectivity index (χ4v) is 2.49. The number of fused-ring (bicyclic) bond motifs is 1. The molecule has 4 nitrogen and oxygen atoms in total. The molecule has 1 aliphatic carbocycles. The number of carbonyl (C=O) groups excluding carboxylic acids is 2. The molecule has 0 bridgehead atoms. The van der Waals surface area contributed by atoms with Crippen molar-refractivity contribution in [2.45, 2.75) is 45.8 Å². The summed E-state index contributed by atoms with van der Waals surface area (Å²) in [6.45, 7) is 7.76. The van der Waals surface area contributed by atoms with Crippen LogP contribution in [-0.4, -0.2) is 35.0 Å². The largest absolute Gasteiger partial charge is 0.444 e. The van der Waals surface area contributed by atoms with Crippen molar-refractivity contribution in [3.05, 3.63) is 0 Å². The van der Waals surface area contributed by atoms with Crippen LogP contribution >= 0.6 is 0 Å². The molecule has 0 radical (unpaired) electrons. The normalized spacial score (nSPS) is 32.2. The van der Waals surface area contributed by atoms with Crippen molar-refractivity contribution in [3.63, 3.8) is 0 Å². The monoisotopic (exact) mass is 225 g/mol. The maximum Gasteiger partial charge on any atom is 0.410 e. The van der Waals surface area contributed by atoms with Crippen molar-refractivity contribution >= 4 is 11.9 Å². The van der Waals surface area contributed by atoms with Gasteiger partial charge >= 0.3 is 6.09 Å². The van der Waals surface area contributed by atoms with E-state index in [4.69, 9.17) is 4.74 Å². The topological polar surface area (TPSA) is 46.6 Å². The lowest BCUT2D eigenvalue weighted by Gasteiger charge is -2.29. The van der Waals surface area contributed by atoms with E-state index in [1.807, 2.05) is 20.8 Å². The third kappa shape index (κ3) is 2.06. The number of hydrogen-bond donors (Lipinski definition) is 0. The Morgan fingerprint density at radius 1 is 1.31 bits per heavy atom. The second-order valence-electron chi connectivity index (χ2n) is 5.85. The van der Waals surface area contributed by atoms with E-state index in [1.165, 1.54) is 0 Å². The molecule has 90 valence electrons. The molecule has 1 heterocycles. The van der Waals surface area contributed by atoms with Crippen molar-refractivity contribution in [3.8, 4) is 0 Å². The first-order chi connectivity index (χ1) is 7.29. The number of likely N-dealkylation sites (tertiary alicyclic amines) is 1. The molecule has 1 aliphatic heterocycles. The predicted octanol–water partition coefficient (Wildman–Crippen LogP) is 1.83. The molecule has 1 amide bonds. The van der Waals surface area contributed by atoms with E-state index in [0.29, 0.717) is 18.4 Å². The summed E-state index contributed by atoms with van der Waals surface area (Å²) in [6.07, 6.45) is 0.740. The fraction of sp³-hybridized carbons (Fsp3) is 0.833. The Balaban J connectivity index is 2.04. The molecule has 0 spiro atoms. The van der Waals surface area contributed by atoms with Crippen LogP contribution in [0.1, 0.15) is 34.1 Å². The minimum absolute atomic E-state index is 0.0795. The van der Waals surface area contributed by atoms with Crippen molar-refractivity contribution in [1.29, 1.82) is 0 Å². The average Bonchev–Trinajstić information content (AvgIpc) is 2.73. The smallest absolute Gasteiger partial charge is 0.410 e. The minimum Gasteiger partial charge on any atom is -0.444 e. The highest BCUT2D eigenvalue weighted by Crippen LogP contribution is 2.50. The second-order valence-corrected chi connectivity index (χ2v) is 5.85. The number of ether oxygens (including phenoxy) is 1. The zero-order chi connectivity index (χ0) is 12.1. The van der Waals surface area contributed by atoms with Gasteiger partial charge in [-0.05, 0) is 46.0 Å². The standard InChI is InChI=1S/C12H19NO3/c1-7(14)10-9-5-8(9)6-13(10)11(15)16-12(2,3)4/h8-10H,5-6H2,1-4H3. The number of rotatable bonds is 1. The summed E-state index contributed by atoms with van der Waals surface area (Å²) >= 11 is 0. The maximum absolute atomic E-state index is 11.9. The minimum atomic E-state index is -0.495. The lowest BCUT2D eigenvalue weighted by atomic mass is 10.1. The third-order valence-corrected chi connectivity index (χ3v) is 3.19. The van der Waals surface area contributed by atoms with Gasteiger partial charge in [0.15, 0.2) is 5.78 Å². The number of ketones is 1. The highest BCUT2D eigenvalue weighted by Gasteiger charge is 2.56. The van der Waals surface area contributed by atoms with Crippen molar-refractivity contribution in [2.75, 3.05) is 6.54 Å². The molecule has 2 aliphatic rings. The van der Waals surface area contributed by atoms with E-state index in [0.717, 1.165) is 6.42 Å². The Bertz CT molecular complexity index is 332. The van der Waals surface area contributed by atoms with Crippen LogP contribution in [0.4, 0.5) is 4.79 Å². The van der Waals surface area contributed by atoms with Crippen LogP contribution in [-0.2, 0) is 9.53 Å². The Kier molecular flexibility index (Phi) is 2.48. The van der Waals surface area contributed by atoms with Gasteiger partial charge in [0.2, 0.25) is 0 Å². The van der Waals surface area contributed by atoms with Gasteiger partial charge in [-0.15, -0.1) is 0 Å². The average molecular weight is 225 g/mol. The Hall–Kier alpha value is -1.06. The molecule has 0 aromatic rings. The number of Topliss-reactive ketones (excluding diaryl/α,β-unsaturated/α-hetero) is 1. The highest BCUT2D eigenvalue weighted by molar-refractivity contribution is 5.87. The van der Waals surface area contributed by atoms with Gasteiger partial charge in [0.05, 0.1) is 6.04 Å². The van der Waals surface area contributed by atoms with Gasteiger partial charge in [-0.25, -0.2) is 4.79 Å². The van der Waals surface area contributed by atoms with Gasteiger partial charge in [-0.3, -0.25) is 9.69 Å². The highest BCUT2D eigenvalue weighted by atomic mass is 16.6. The molecular weight excluding hydrogens is 206 g/mol. The lowest BCUT2D eigenvalue weighted by molar-refractivity contribution is -0.122. The third-order valence-electron chi connectivity index (χ3n) is 3.19. The molecule has 0 N–H and O–H groups in total. The first-order valence-corrected chi connectivity index (χ1v) is 5.79. The molecule has 0 aromatic carbocycles. The van der Waals surface area contributed by atoms with Crippen LogP contribution in [0.15, 0.2) is 0 Å². The molecule has 4 heteroatoms. The van der Waals surface area contributed by atoms with Crippen LogP contribution in [0.3, 0.4) is 0 Å².